The molecule has 0 heterocycles. The van der Waals surface area contributed by atoms with Crippen LogP contribution < -0.4 is 20.5 Å². The Labute approximate surface area is 119 Å². The highest BCUT2D eigenvalue weighted by Gasteiger charge is 2.25. The maximum Gasteiger partial charge on any atom is 0.227 e. The predicted molar refractivity (Wildman–Crippen MR) is 78.1 cm³/mol. The van der Waals surface area contributed by atoms with Crippen LogP contribution in [0.15, 0.2) is 18.2 Å². The second kappa shape index (κ2) is 6.61. The Kier molecular flexibility index (Phi) is 4.84. The number of amides is 1. The summed E-state index contributed by atoms with van der Waals surface area (Å²) in [6, 6.07) is 5.47. The molecule has 0 aliphatic heterocycles. The molecular formula is C15H22N2O3. The van der Waals surface area contributed by atoms with Gasteiger partial charge in [0.05, 0.1) is 14.2 Å². The molecule has 0 spiro atoms. The molecule has 1 saturated carbocycles. The first-order chi connectivity index (χ1) is 9.62. The van der Waals surface area contributed by atoms with Crippen molar-refractivity contribution in [2.75, 3.05) is 19.5 Å². The molecule has 1 amide bonds. The Balaban J connectivity index is 2.06. The zero-order valence-electron chi connectivity index (χ0n) is 12.0. The number of hydrogen-bond acceptors (Lipinski definition) is 4. The summed E-state index contributed by atoms with van der Waals surface area (Å²) in [5.74, 6) is 1.33. The Hall–Kier alpha value is -1.75. The molecule has 5 heteroatoms. The highest BCUT2D eigenvalue weighted by Crippen LogP contribution is 2.28. The maximum absolute atomic E-state index is 12.3. The third-order valence-corrected chi connectivity index (χ3v) is 3.70. The zero-order chi connectivity index (χ0) is 14.5. The number of nitrogens with two attached hydrogens (primary N) is 1. The fourth-order valence-corrected chi connectivity index (χ4v) is 2.59. The van der Waals surface area contributed by atoms with Gasteiger partial charge in [-0.25, -0.2) is 0 Å². The molecule has 1 aliphatic rings. The van der Waals surface area contributed by atoms with E-state index in [-0.39, 0.29) is 17.9 Å². The van der Waals surface area contributed by atoms with E-state index in [1.807, 2.05) is 0 Å². The summed E-state index contributed by atoms with van der Waals surface area (Å²) in [6.45, 7) is 0. The number of ether oxygens (including phenoxy) is 2. The SMILES string of the molecule is COc1cc(NC(=O)C2CCCC(N)C2)cc(OC)c1. The standard InChI is InChI=1S/C15H22N2O3/c1-19-13-7-12(8-14(9-13)20-2)17-15(18)10-4-3-5-11(16)6-10/h7-11H,3-6,16H2,1-2H3,(H,17,18). The van der Waals surface area contributed by atoms with Gasteiger partial charge in [0.2, 0.25) is 5.91 Å². The first-order valence-corrected chi connectivity index (χ1v) is 6.92. The number of anilines is 1. The lowest BCUT2D eigenvalue weighted by atomic mass is 9.85. The lowest BCUT2D eigenvalue weighted by Gasteiger charge is -2.25. The molecule has 2 atom stereocenters. The molecule has 2 unspecified atom stereocenters. The summed E-state index contributed by atoms with van der Waals surface area (Å²) in [4.78, 5) is 12.3. The van der Waals surface area contributed by atoms with Gasteiger partial charge in [0.15, 0.2) is 0 Å². The molecule has 0 radical (unpaired) electrons. The van der Waals surface area contributed by atoms with Crippen molar-refractivity contribution in [1.29, 1.82) is 0 Å². The van der Waals surface area contributed by atoms with Crippen molar-refractivity contribution in [2.45, 2.75) is 31.7 Å². The van der Waals surface area contributed by atoms with E-state index in [9.17, 15) is 4.79 Å². The van der Waals surface area contributed by atoms with Gasteiger partial charge in [0.1, 0.15) is 11.5 Å². The first-order valence-electron chi connectivity index (χ1n) is 6.92. The summed E-state index contributed by atoms with van der Waals surface area (Å²) in [6.07, 6.45) is 3.69. The summed E-state index contributed by atoms with van der Waals surface area (Å²) < 4.78 is 10.4. The fourth-order valence-electron chi connectivity index (χ4n) is 2.59. The van der Waals surface area contributed by atoms with E-state index in [4.69, 9.17) is 15.2 Å². The third-order valence-electron chi connectivity index (χ3n) is 3.70. The van der Waals surface area contributed by atoms with Crippen molar-refractivity contribution >= 4 is 11.6 Å². The van der Waals surface area contributed by atoms with Crippen LogP contribution >= 0.6 is 0 Å². The lowest BCUT2D eigenvalue weighted by molar-refractivity contribution is -0.120. The van der Waals surface area contributed by atoms with Gasteiger partial charge < -0.3 is 20.5 Å². The minimum Gasteiger partial charge on any atom is -0.497 e. The van der Waals surface area contributed by atoms with Crippen LogP contribution in [-0.2, 0) is 4.79 Å². The van der Waals surface area contributed by atoms with Crippen LogP contribution in [0.4, 0.5) is 5.69 Å². The minimum atomic E-state index is -0.00375. The van der Waals surface area contributed by atoms with E-state index in [0.717, 1.165) is 25.7 Å². The molecule has 1 aromatic carbocycles. The number of methoxy groups -OCH3 is 2. The molecule has 0 bridgehead atoms. The van der Waals surface area contributed by atoms with Crippen molar-refractivity contribution in [3.63, 3.8) is 0 Å². The van der Waals surface area contributed by atoms with Gasteiger partial charge in [-0.15, -0.1) is 0 Å². The summed E-state index contributed by atoms with van der Waals surface area (Å²) in [7, 11) is 3.17. The summed E-state index contributed by atoms with van der Waals surface area (Å²) in [5.41, 5.74) is 6.61. The smallest absolute Gasteiger partial charge is 0.227 e. The Bertz CT molecular complexity index is 454. The molecule has 1 fully saturated rings. The zero-order valence-corrected chi connectivity index (χ0v) is 12.0. The number of nitrogens with one attached hydrogen (secondary N) is 1. The lowest BCUT2D eigenvalue weighted by Crippen LogP contribution is -2.34. The molecule has 110 valence electrons. The van der Waals surface area contributed by atoms with Crippen LogP contribution in [0.25, 0.3) is 0 Å². The largest absolute Gasteiger partial charge is 0.497 e. The maximum atomic E-state index is 12.3. The van der Waals surface area contributed by atoms with Crippen LogP contribution in [0.5, 0.6) is 11.5 Å². The predicted octanol–water partition coefficient (Wildman–Crippen LogP) is 2.16. The van der Waals surface area contributed by atoms with E-state index in [1.54, 1.807) is 32.4 Å². The molecule has 0 aromatic heterocycles. The minimum absolute atomic E-state index is 0.00375. The monoisotopic (exact) mass is 278 g/mol. The Morgan fingerprint density at radius 1 is 1.20 bits per heavy atom. The van der Waals surface area contributed by atoms with Crippen LogP contribution in [0, 0.1) is 5.92 Å². The number of carbonyl (C=O) groups is 1. The summed E-state index contributed by atoms with van der Waals surface area (Å²) >= 11 is 0. The van der Waals surface area contributed by atoms with E-state index < -0.39 is 0 Å². The molecular weight excluding hydrogens is 256 g/mol. The van der Waals surface area contributed by atoms with Crippen molar-refractivity contribution in [3.05, 3.63) is 18.2 Å². The van der Waals surface area contributed by atoms with Crippen LogP contribution in [0.3, 0.4) is 0 Å². The average Bonchev–Trinajstić information content (AvgIpc) is 2.46. The molecule has 3 N–H and O–H groups in total. The highest BCUT2D eigenvalue weighted by molar-refractivity contribution is 5.93. The van der Waals surface area contributed by atoms with Crippen LogP contribution in [0.1, 0.15) is 25.7 Å². The van der Waals surface area contributed by atoms with Gasteiger partial charge >= 0.3 is 0 Å². The van der Waals surface area contributed by atoms with Gasteiger partial charge in [-0.2, -0.15) is 0 Å². The molecule has 1 aliphatic carbocycles. The van der Waals surface area contributed by atoms with Gasteiger partial charge in [0, 0.05) is 35.8 Å². The molecule has 0 saturated heterocycles. The Morgan fingerprint density at radius 2 is 1.85 bits per heavy atom. The second-order valence-corrected chi connectivity index (χ2v) is 5.21. The van der Waals surface area contributed by atoms with E-state index in [0.29, 0.717) is 17.2 Å². The van der Waals surface area contributed by atoms with Crippen molar-refractivity contribution < 1.29 is 14.3 Å². The Morgan fingerprint density at radius 3 is 2.40 bits per heavy atom. The van der Waals surface area contributed by atoms with Crippen LogP contribution in [-0.4, -0.2) is 26.2 Å². The topological polar surface area (TPSA) is 73.6 Å². The molecule has 20 heavy (non-hydrogen) atoms. The van der Waals surface area contributed by atoms with Crippen LogP contribution in [0.2, 0.25) is 0 Å². The van der Waals surface area contributed by atoms with Gasteiger partial charge in [0.25, 0.3) is 0 Å². The molecule has 5 nitrogen and oxygen atoms in total. The molecule has 1 aromatic rings. The van der Waals surface area contributed by atoms with Gasteiger partial charge in [-0.1, -0.05) is 6.42 Å². The van der Waals surface area contributed by atoms with Crippen molar-refractivity contribution in [3.8, 4) is 11.5 Å². The highest BCUT2D eigenvalue weighted by atomic mass is 16.5. The number of rotatable bonds is 4. The number of hydrogen-bond donors (Lipinski definition) is 2. The van der Waals surface area contributed by atoms with E-state index >= 15 is 0 Å². The van der Waals surface area contributed by atoms with Crippen molar-refractivity contribution in [1.82, 2.24) is 0 Å². The first kappa shape index (κ1) is 14.7. The van der Waals surface area contributed by atoms with Gasteiger partial charge in [-0.3, -0.25) is 4.79 Å². The van der Waals surface area contributed by atoms with E-state index in [2.05, 4.69) is 5.32 Å². The normalized spacial score (nSPS) is 22.1. The summed E-state index contributed by atoms with van der Waals surface area (Å²) in [5, 5.41) is 2.93. The quantitative estimate of drug-likeness (QED) is 0.885. The average molecular weight is 278 g/mol. The fraction of sp³-hybridized carbons (Fsp3) is 0.533. The number of benzene rings is 1. The molecule has 2 rings (SSSR count). The van der Waals surface area contributed by atoms with Crippen molar-refractivity contribution in [2.24, 2.45) is 11.7 Å². The number of carbonyl (C=O) groups excluding carboxylic acids is 1. The second-order valence-electron chi connectivity index (χ2n) is 5.21. The van der Waals surface area contributed by atoms with E-state index in [1.165, 1.54) is 0 Å². The third kappa shape index (κ3) is 3.63. The van der Waals surface area contributed by atoms with Gasteiger partial charge in [-0.05, 0) is 19.3 Å².